The molecular weight excluding hydrogens is 200 g/mol. The number of rotatable bonds is 2. The Morgan fingerprint density at radius 1 is 1.47 bits per heavy atom. The van der Waals surface area contributed by atoms with Gasteiger partial charge in [-0.15, -0.1) is 5.54 Å². The third kappa shape index (κ3) is 3.56. The highest BCUT2D eigenvalue weighted by molar-refractivity contribution is 6.83. The lowest BCUT2D eigenvalue weighted by Crippen LogP contribution is -2.16. The van der Waals surface area contributed by atoms with Crippen molar-refractivity contribution in [1.82, 2.24) is 9.78 Å². The zero-order valence-electron chi connectivity index (χ0n) is 9.75. The van der Waals surface area contributed by atoms with Crippen molar-refractivity contribution in [1.29, 1.82) is 0 Å². The number of hydrogen-bond acceptors (Lipinski definition) is 1. The summed E-state index contributed by atoms with van der Waals surface area (Å²) < 4.78 is 2.03. The van der Waals surface area contributed by atoms with Gasteiger partial charge in [0.15, 0.2) is 0 Å². The molecule has 1 fully saturated rings. The maximum Gasteiger partial charge on any atom is 0.129 e. The Kier molecular flexibility index (Phi) is 2.70. The highest BCUT2D eigenvalue weighted by Gasteiger charge is 2.21. The minimum atomic E-state index is -1.25. The van der Waals surface area contributed by atoms with Crippen LogP contribution >= 0.6 is 0 Å². The molecule has 1 aliphatic rings. The van der Waals surface area contributed by atoms with Gasteiger partial charge in [-0.1, -0.05) is 25.6 Å². The van der Waals surface area contributed by atoms with E-state index in [0.29, 0.717) is 0 Å². The molecule has 0 radical (unpaired) electrons. The highest BCUT2D eigenvalue weighted by Crippen LogP contribution is 2.30. The van der Waals surface area contributed by atoms with Crippen LogP contribution in [0.1, 0.15) is 18.4 Å². The maximum absolute atomic E-state index is 4.33. The zero-order chi connectivity index (χ0) is 10.9. The van der Waals surface area contributed by atoms with Crippen LogP contribution in [0.3, 0.4) is 0 Å². The van der Waals surface area contributed by atoms with Crippen molar-refractivity contribution in [2.45, 2.75) is 39.0 Å². The summed E-state index contributed by atoms with van der Waals surface area (Å²) in [6.07, 6.45) is 6.70. The summed E-state index contributed by atoms with van der Waals surface area (Å²) in [5.41, 5.74) is 4.42. The van der Waals surface area contributed by atoms with Gasteiger partial charge >= 0.3 is 0 Å². The molecule has 1 saturated carbocycles. The van der Waals surface area contributed by atoms with E-state index in [4.69, 9.17) is 0 Å². The van der Waals surface area contributed by atoms with Crippen molar-refractivity contribution in [2.24, 2.45) is 5.92 Å². The lowest BCUT2D eigenvalue weighted by atomic mass is 10.4. The molecule has 1 heterocycles. The van der Waals surface area contributed by atoms with Crippen molar-refractivity contribution in [3.8, 4) is 11.5 Å². The van der Waals surface area contributed by atoms with Crippen LogP contribution in [0.15, 0.2) is 12.4 Å². The Balaban J connectivity index is 2.01. The molecule has 80 valence electrons. The normalized spacial score (nSPS) is 15.9. The molecule has 1 aliphatic carbocycles. The minimum Gasteiger partial charge on any atom is -0.271 e. The largest absolute Gasteiger partial charge is 0.271 e. The van der Waals surface area contributed by atoms with Gasteiger partial charge in [-0.05, 0) is 18.8 Å². The van der Waals surface area contributed by atoms with Gasteiger partial charge in [0.1, 0.15) is 8.07 Å². The summed E-state index contributed by atoms with van der Waals surface area (Å²) in [6.45, 7) is 7.85. The summed E-state index contributed by atoms with van der Waals surface area (Å²) >= 11 is 0. The van der Waals surface area contributed by atoms with Gasteiger partial charge in [0.2, 0.25) is 0 Å². The van der Waals surface area contributed by atoms with Crippen LogP contribution in [0.25, 0.3) is 0 Å². The van der Waals surface area contributed by atoms with Crippen molar-refractivity contribution >= 4 is 8.07 Å². The third-order valence-electron chi connectivity index (χ3n) is 2.36. The molecule has 0 saturated heterocycles. The lowest BCUT2D eigenvalue weighted by molar-refractivity contribution is 0.563. The smallest absolute Gasteiger partial charge is 0.129 e. The minimum absolute atomic E-state index is 0.878. The molecule has 1 aromatic heterocycles. The Morgan fingerprint density at radius 2 is 2.20 bits per heavy atom. The Hall–Kier alpha value is -1.01. The summed E-state index contributed by atoms with van der Waals surface area (Å²) in [7, 11) is -1.25. The van der Waals surface area contributed by atoms with E-state index in [-0.39, 0.29) is 0 Å². The van der Waals surface area contributed by atoms with Crippen molar-refractivity contribution in [2.75, 3.05) is 0 Å². The molecule has 0 atom stereocenters. The van der Waals surface area contributed by atoms with E-state index >= 15 is 0 Å². The first-order valence-electron chi connectivity index (χ1n) is 5.58. The summed E-state index contributed by atoms with van der Waals surface area (Å²) in [4.78, 5) is 0. The standard InChI is InChI=1S/C12H18N2Si/c1-15(2,3)7-6-12-8-13-14(10-12)9-11-4-5-11/h8,10-11H,4-5,9H2,1-3H3. The van der Waals surface area contributed by atoms with E-state index in [9.17, 15) is 0 Å². The zero-order valence-corrected chi connectivity index (χ0v) is 10.7. The molecule has 2 rings (SSSR count). The fourth-order valence-corrected chi connectivity index (χ4v) is 1.87. The molecule has 2 nitrogen and oxygen atoms in total. The molecule has 0 spiro atoms. The predicted molar refractivity (Wildman–Crippen MR) is 65.2 cm³/mol. The van der Waals surface area contributed by atoms with E-state index in [2.05, 4.69) is 42.4 Å². The van der Waals surface area contributed by atoms with Crippen LogP contribution in [0.2, 0.25) is 19.6 Å². The molecule has 0 N–H and O–H groups in total. The van der Waals surface area contributed by atoms with Gasteiger partial charge in [0.05, 0.1) is 11.8 Å². The van der Waals surface area contributed by atoms with E-state index in [0.717, 1.165) is 18.0 Å². The maximum atomic E-state index is 4.33. The van der Waals surface area contributed by atoms with Crippen molar-refractivity contribution in [3.05, 3.63) is 18.0 Å². The first-order chi connectivity index (χ1) is 7.03. The van der Waals surface area contributed by atoms with E-state index in [1.807, 2.05) is 10.9 Å². The predicted octanol–water partition coefficient (Wildman–Crippen LogP) is 2.52. The molecular formula is C12H18N2Si. The van der Waals surface area contributed by atoms with Crippen LogP contribution in [-0.2, 0) is 6.54 Å². The summed E-state index contributed by atoms with van der Waals surface area (Å²) in [6, 6.07) is 0. The number of hydrogen-bond donors (Lipinski definition) is 0. The average Bonchev–Trinajstić information content (AvgIpc) is 2.79. The van der Waals surface area contributed by atoms with E-state index in [1.165, 1.54) is 12.8 Å². The Bertz CT molecular complexity index is 399. The Morgan fingerprint density at radius 3 is 2.80 bits per heavy atom. The fraction of sp³-hybridized carbons (Fsp3) is 0.583. The molecule has 0 unspecified atom stereocenters. The lowest BCUT2D eigenvalue weighted by Gasteiger charge is -2.02. The van der Waals surface area contributed by atoms with Crippen LogP contribution in [0, 0.1) is 17.4 Å². The van der Waals surface area contributed by atoms with Gasteiger partial charge in [-0.25, -0.2) is 0 Å². The summed E-state index contributed by atoms with van der Waals surface area (Å²) in [5.74, 6) is 4.10. The molecule has 0 amide bonds. The van der Waals surface area contributed by atoms with Crippen LogP contribution in [0.4, 0.5) is 0 Å². The van der Waals surface area contributed by atoms with Crippen molar-refractivity contribution in [3.63, 3.8) is 0 Å². The number of aromatic nitrogens is 2. The molecule has 0 aliphatic heterocycles. The molecule has 15 heavy (non-hydrogen) atoms. The number of nitrogens with zero attached hydrogens (tertiary/aromatic N) is 2. The van der Waals surface area contributed by atoms with Crippen LogP contribution in [-0.4, -0.2) is 17.9 Å². The topological polar surface area (TPSA) is 17.8 Å². The quantitative estimate of drug-likeness (QED) is 0.551. The average molecular weight is 218 g/mol. The van der Waals surface area contributed by atoms with Gasteiger partial charge in [0, 0.05) is 12.7 Å². The van der Waals surface area contributed by atoms with Gasteiger partial charge < -0.3 is 0 Å². The third-order valence-corrected chi connectivity index (χ3v) is 3.23. The molecule has 3 heteroatoms. The second kappa shape index (κ2) is 3.86. The van der Waals surface area contributed by atoms with E-state index in [1.54, 1.807) is 0 Å². The molecule has 1 aromatic rings. The molecule has 0 bridgehead atoms. The SMILES string of the molecule is C[Si](C)(C)C#Cc1cnn(CC2CC2)c1. The molecule has 0 aromatic carbocycles. The second-order valence-electron chi connectivity index (χ2n) is 5.39. The van der Waals surface area contributed by atoms with E-state index < -0.39 is 8.07 Å². The highest BCUT2D eigenvalue weighted by atomic mass is 28.3. The van der Waals surface area contributed by atoms with Gasteiger partial charge in [0.25, 0.3) is 0 Å². The first kappa shape index (κ1) is 10.5. The van der Waals surface area contributed by atoms with Crippen molar-refractivity contribution < 1.29 is 0 Å². The van der Waals surface area contributed by atoms with Crippen LogP contribution < -0.4 is 0 Å². The van der Waals surface area contributed by atoms with Gasteiger partial charge in [-0.2, -0.15) is 5.10 Å². The first-order valence-corrected chi connectivity index (χ1v) is 9.08. The summed E-state index contributed by atoms with van der Waals surface area (Å²) in [5, 5.41) is 4.33. The monoisotopic (exact) mass is 218 g/mol. The second-order valence-corrected chi connectivity index (χ2v) is 10.1. The Labute approximate surface area is 92.7 Å². The van der Waals surface area contributed by atoms with Gasteiger partial charge in [-0.3, -0.25) is 4.68 Å². The van der Waals surface area contributed by atoms with Crippen LogP contribution in [0.5, 0.6) is 0 Å². The fourth-order valence-electron chi connectivity index (χ4n) is 1.35.